The van der Waals surface area contributed by atoms with E-state index in [0.717, 1.165) is 23.5 Å². The van der Waals surface area contributed by atoms with Gasteiger partial charge < -0.3 is 0 Å². The summed E-state index contributed by atoms with van der Waals surface area (Å²) in [7, 11) is 0. The Hall–Kier alpha value is -2.71. The third-order valence-electron chi connectivity index (χ3n) is 6.68. The average molecular weight is 463 g/mol. The number of amides is 2. The number of nitrogens with zero attached hydrogens (tertiary/aromatic N) is 2. The Balaban J connectivity index is 1.54. The van der Waals surface area contributed by atoms with Crippen LogP contribution in [0.15, 0.2) is 48.5 Å². The van der Waals surface area contributed by atoms with Crippen molar-refractivity contribution in [1.82, 2.24) is 4.90 Å². The zero-order valence-corrected chi connectivity index (χ0v) is 17.4. The summed E-state index contributed by atoms with van der Waals surface area (Å²) in [4.78, 5) is 42.9. The molecule has 3 aliphatic heterocycles. The van der Waals surface area contributed by atoms with Crippen molar-refractivity contribution >= 4 is 34.9 Å². The van der Waals surface area contributed by atoms with E-state index in [1.54, 1.807) is 24.3 Å². The largest absolute Gasteiger partial charge is 0.416 e. The van der Waals surface area contributed by atoms with Gasteiger partial charge in [0.25, 0.3) is 0 Å². The van der Waals surface area contributed by atoms with Crippen LogP contribution in [0.5, 0.6) is 0 Å². The number of halogens is 4. The van der Waals surface area contributed by atoms with Crippen LogP contribution in [0, 0.1) is 11.8 Å². The van der Waals surface area contributed by atoms with Crippen molar-refractivity contribution in [2.45, 2.75) is 31.1 Å². The molecule has 5 nitrogen and oxygen atoms in total. The van der Waals surface area contributed by atoms with E-state index in [1.807, 2.05) is 4.90 Å². The highest BCUT2D eigenvalue weighted by atomic mass is 35.5. The van der Waals surface area contributed by atoms with Crippen LogP contribution >= 0.6 is 11.6 Å². The molecule has 3 heterocycles. The molecule has 0 bridgehead atoms. The highest BCUT2D eigenvalue weighted by Gasteiger charge is 2.64. The van der Waals surface area contributed by atoms with Crippen LogP contribution in [0.3, 0.4) is 0 Å². The standard InChI is InChI=1S/C23H18ClF3N2O3/c24-14-8-6-12(7-9-14)20(30)19-18-17(16-5-2-10-28(16)19)21(31)29(22(18)32)15-4-1-3-13(11-15)23(25,26)27/h1,3-4,6-9,11,16-19H,2,5,10H2/t16-,17-,18+,19-/m0/s1. The van der Waals surface area contributed by atoms with Crippen molar-refractivity contribution < 1.29 is 27.6 Å². The van der Waals surface area contributed by atoms with Crippen LogP contribution in [0.4, 0.5) is 18.9 Å². The average Bonchev–Trinajstić information content (AvgIpc) is 3.39. The summed E-state index contributed by atoms with van der Waals surface area (Å²) in [5, 5.41) is 0.465. The van der Waals surface area contributed by atoms with E-state index in [9.17, 15) is 27.6 Å². The lowest BCUT2D eigenvalue weighted by Gasteiger charge is -2.27. The van der Waals surface area contributed by atoms with E-state index >= 15 is 0 Å². The van der Waals surface area contributed by atoms with Crippen LogP contribution < -0.4 is 4.90 Å². The Kier molecular flexibility index (Phi) is 4.90. The van der Waals surface area contributed by atoms with Gasteiger partial charge in [0.1, 0.15) is 0 Å². The monoisotopic (exact) mass is 462 g/mol. The van der Waals surface area contributed by atoms with E-state index in [1.165, 1.54) is 12.1 Å². The fraction of sp³-hybridized carbons (Fsp3) is 0.348. The fourth-order valence-electron chi connectivity index (χ4n) is 5.38. The second-order valence-electron chi connectivity index (χ2n) is 8.37. The van der Waals surface area contributed by atoms with Crippen molar-refractivity contribution in [2.24, 2.45) is 11.8 Å². The summed E-state index contributed by atoms with van der Waals surface area (Å²) in [5.74, 6) is -3.12. The van der Waals surface area contributed by atoms with Crippen molar-refractivity contribution in [1.29, 1.82) is 0 Å². The molecule has 0 spiro atoms. The normalized spacial score (nSPS) is 27.7. The molecule has 32 heavy (non-hydrogen) atoms. The number of carbonyl (C=O) groups is 3. The maximum absolute atomic E-state index is 13.4. The summed E-state index contributed by atoms with van der Waals surface area (Å²) in [5.41, 5.74) is -0.682. The topological polar surface area (TPSA) is 57.7 Å². The number of alkyl halides is 3. The number of carbonyl (C=O) groups excluding carboxylic acids is 3. The molecule has 0 N–H and O–H groups in total. The lowest BCUT2D eigenvalue weighted by atomic mass is 9.85. The zero-order chi connectivity index (χ0) is 22.8. The van der Waals surface area contributed by atoms with E-state index in [0.29, 0.717) is 23.6 Å². The first-order valence-electron chi connectivity index (χ1n) is 10.3. The smallest absolute Gasteiger partial charge is 0.292 e. The third-order valence-corrected chi connectivity index (χ3v) is 6.93. The highest BCUT2D eigenvalue weighted by molar-refractivity contribution is 6.30. The van der Waals surface area contributed by atoms with Gasteiger partial charge in [-0.15, -0.1) is 0 Å². The molecule has 5 rings (SSSR count). The molecule has 3 aliphatic rings. The highest BCUT2D eigenvalue weighted by Crippen LogP contribution is 2.48. The van der Waals surface area contributed by atoms with Crippen molar-refractivity contribution in [3.63, 3.8) is 0 Å². The number of imide groups is 1. The molecule has 4 atom stereocenters. The summed E-state index contributed by atoms with van der Waals surface area (Å²) < 4.78 is 39.6. The van der Waals surface area contributed by atoms with Gasteiger partial charge in [0.2, 0.25) is 11.8 Å². The Labute approximate surface area is 186 Å². The van der Waals surface area contributed by atoms with Crippen LogP contribution in [-0.2, 0) is 15.8 Å². The van der Waals surface area contributed by atoms with Gasteiger partial charge >= 0.3 is 6.18 Å². The van der Waals surface area contributed by atoms with Crippen LogP contribution in [-0.4, -0.2) is 41.1 Å². The minimum atomic E-state index is -4.60. The molecule has 166 valence electrons. The Morgan fingerprint density at radius 3 is 2.38 bits per heavy atom. The maximum Gasteiger partial charge on any atom is 0.416 e. The number of hydrogen-bond acceptors (Lipinski definition) is 4. The fourth-order valence-corrected chi connectivity index (χ4v) is 5.50. The molecule has 0 radical (unpaired) electrons. The number of fused-ring (bicyclic) bond motifs is 3. The van der Waals surface area contributed by atoms with Gasteiger partial charge in [-0.2, -0.15) is 13.2 Å². The van der Waals surface area contributed by atoms with E-state index in [4.69, 9.17) is 11.6 Å². The summed E-state index contributed by atoms with van der Waals surface area (Å²) in [6.45, 7) is 0.589. The zero-order valence-electron chi connectivity index (χ0n) is 16.7. The van der Waals surface area contributed by atoms with Gasteiger partial charge in [-0.1, -0.05) is 17.7 Å². The number of ketones is 1. The molecule has 3 fully saturated rings. The van der Waals surface area contributed by atoms with Crippen LogP contribution in [0.2, 0.25) is 5.02 Å². The minimum absolute atomic E-state index is 0.119. The van der Waals surface area contributed by atoms with E-state index < -0.39 is 41.4 Å². The lowest BCUT2D eigenvalue weighted by molar-refractivity contribution is -0.137. The number of rotatable bonds is 3. The molecule has 0 saturated carbocycles. The second kappa shape index (κ2) is 7.42. The molecular formula is C23H18ClF3N2O3. The number of anilines is 1. The summed E-state index contributed by atoms with van der Waals surface area (Å²) in [6.07, 6.45) is -3.17. The SMILES string of the molecule is O=C(c1ccc(Cl)cc1)[C@@H]1[C@@H]2C(=O)N(c3cccc(C(F)(F)F)c3)C(=O)[C@H]2[C@@H]2CCCN12. The predicted molar refractivity (Wildman–Crippen MR) is 110 cm³/mol. The van der Waals surface area contributed by atoms with Gasteiger partial charge in [0.05, 0.1) is 29.1 Å². The van der Waals surface area contributed by atoms with E-state index in [-0.39, 0.29) is 17.5 Å². The Morgan fingerprint density at radius 1 is 1.00 bits per heavy atom. The molecule has 3 saturated heterocycles. The predicted octanol–water partition coefficient (Wildman–Crippen LogP) is 4.19. The molecule has 2 amide bonds. The number of hydrogen-bond donors (Lipinski definition) is 0. The molecular weight excluding hydrogens is 445 g/mol. The van der Waals surface area contributed by atoms with Crippen molar-refractivity contribution in [3.8, 4) is 0 Å². The molecule has 0 unspecified atom stereocenters. The first-order chi connectivity index (χ1) is 15.2. The summed E-state index contributed by atoms with van der Waals surface area (Å²) in [6, 6.07) is 9.39. The van der Waals surface area contributed by atoms with Gasteiger partial charge in [0.15, 0.2) is 5.78 Å². The number of benzene rings is 2. The van der Waals surface area contributed by atoms with Crippen molar-refractivity contribution in [3.05, 3.63) is 64.7 Å². The molecule has 2 aromatic carbocycles. The Morgan fingerprint density at radius 2 is 1.69 bits per heavy atom. The second-order valence-corrected chi connectivity index (χ2v) is 8.81. The van der Waals surface area contributed by atoms with Gasteiger partial charge in [-0.25, -0.2) is 4.90 Å². The minimum Gasteiger partial charge on any atom is -0.292 e. The molecule has 9 heteroatoms. The lowest BCUT2D eigenvalue weighted by Crippen LogP contribution is -2.46. The third kappa shape index (κ3) is 3.16. The summed E-state index contributed by atoms with van der Waals surface area (Å²) >= 11 is 5.92. The molecule has 0 aromatic heterocycles. The number of Topliss-reactive ketones (excluding diaryl/α,β-unsaturated/α-hetero) is 1. The first-order valence-corrected chi connectivity index (χ1v) is 10.7. The van der Waals surface area contributed by atoms with Gasteiger partial charge in [-0.05, 0) is 61.9 Å². The van der Waals surface area contributed by atoms with Gasteiger partial charge in [-0.3, -0.25) is 19.3 Å². The van der Waals surface area contributed by atoms with Crippen LogP contribution in [0.1, 0.15) is 28.8 Å². The van der Waals surface area contributed by atoms with Crippen LogP contribution in [0.25, 0.3) is 0 Å². The molecule has 2 aromatic rings. The van der Waals surface area contributed by atoms with E-state index in [2.05, 4.69) is 0 Å². The Bertz CT molecular complexity index is 1120. The van der Waals surface area contributed by atoms with Gasteiger partial charge in [0, 0.05) is 16.6 Å². The van der Waals surface area contributed by atoms with Crippen molar-refractivity contribution in [2.75, 3.05) is 11.4 Å². The maximum atomic E-state index is 13.4. The molecule has 0 aliphatic carbocycles. The quantitative estimate of drug-likeness (QED) is 0.507. The first kappa shape index (κ1) is 21.2.